The fraction of sp³-hybridized carbons (Fsp3) is 0.333. The highest BCUT2D eigenvalue weighted by atomic mass is 35.5. The van der Waals surface area contributed by atoms with Crippen LogP contribution >= 0.6 is 11.6 Å². The molecule has 4 nitrogen and oxygen atoms in total. The van der Waals surface area contributed by atoms with Crippen molar-refractivity contribution in [3.05, 3.63) is 34.3 Å². The molecule has 0 atom stereocenters. The molecule has 5 heteroatoms. The summed E-state index contributed by atoms with van der Waals surface area (Å²) in [5.41, 5.74) is 0.173. The van der Waals surface area contributed by atoms with Crippen LogP contribution in [0, 0.1) is 0 Å². The van der Waals surface area contributed by atoms with Crippen molar-refractivity contribution in [2.24, 2.45) is 0 Å². The van der Waals surface area contributed by atoms with Crippen LogP contribution in [-0.4, -0.2) is 25.2 Å². The molecule has 1 rings (SSSR count). The molecule has 0 heterocycles. The van der Waals surface area contributed by atoms with Crippen molar-refractivity contribution in [2.45, 2.75) is 13.8 Å². The molecule has 0 saturated heterocycles. The number of esters is 2. The Kier molecular flexibility index (Phi) is 4.97. The fourth-order valence-electron chi connectivity index (χ4n) is 1.31. The van der Waals surface area contributed by atoms with Crippen LogP contribution in [0.2, 0.25) is 5.02 Å². The van der Waals surface area contributed by atoms with Crippen LogP contribution in [0.25, 0.3) is 0 Å². The maximum absolute atomic E-state index is 11.7. The van der Waals surface area contributed by atoms with Gasteiger partial charge in [-0.25, -0.2) is 9.59 Å². The average Bonchev–Trinajstić information content (AvgIpc) is 2.29. The third kappa shape index (κ3) is 3.20. The number of hydrogen-bond donors (Lipinski definition) is 0. The lowest BCUT2D eigenvalue weighted by atomic mass is 10.1. The van der Waals surface area contributed by atoms with E-state index < -0.39 is 11.9 Å². The third-order valence-corrected chi connectivity index (χ3v) is 2.30. The molecule has 0 aliphatic rings. The maximum atomic E-state index is 11.7. The maximum Gasteiger partial charge on any atom is 0.340 e. The Morgan fingerprint density at radius 3 is 2.29 bits per heavy atom. The van der Waals surface area contributed by atoms with Gasteiger partial charge in [-0.1, -0.05) is 17.7 Å². The van der Waals surface area contributed by atoms with Crippen molar-refractivity contribution in [2.75, 3.05) is 13.2 Å². The van der Waals surface area contributed by atoms with Gasteiger partial charge in [0.15, 0.2) is 0 Å². The Bertz CT molecular complexity index is 429. The highest BCUT2D eigenvalue weighted by Gasteiger charge is 2.21. The number of ether oxygens (including phenoxy) is 2. The number of hydrogen-bond acceptors (Lipinski definition) is 4. The van der Waals surface area contributed by atoms with Gasteiger partial charge in [-0.2, -0.15) is 0 Å². The van der Waals surface area contributed by atoms with E-state index in [2.05, 4.69) is 0 Å². The van der Waals surface area contributed by atoms with Crippen LogP contribution in [0.15, 0.2) is 18.2 Å². The zero-order chi connectivity index (χ0) is 12.8. The second kappa shape index (κ2) is 6.25. The van der Waals surface area contributed by atoms with Crippen molar-refractivity contribution in [3.8, 4) is 0 Å². The summed E-state index contributed by atoms with van der Waals surface area (Å²) in [5, 5.41) is 0.175. The molecule has 0 N–H and O–H groups in total. The normalized spacial score (nSPS) is 9.82. The lowest BCUT2D eigenvalue weighted by Gasteiger charge is -2.09. The minimum absolute atomic E-state index is 0.0504. The smallest absolute Gasteiger partial charge is 0.340 e. The molecule has 0 fully saturated rings. The number of carbonyl (C=O) groups is 2. The molecule has 0 saturated carbocycles. The van der Waals surface area contributed by atoms with Crippen molar-refractivity contribution in [1.29, 1.82) is 0 Å². The molecule has 0 radical (unpaired) electrons. The molecule has 0 aliphatic carbocycles. The van der Waals surface area contributed by atoms with Crippen molar-refractivity contribution >= 4 is 23.5 Å². The lowest BCUT2D eigenvalue weighted by Crippen LogP contribution is -2.14. The zero-order valence-electron chi connectivity index (χ0n) is 9.66. The summed E-state index contributed by atoms with van der Waals surface area (Å²) in [6, 6.07) is 4.59. The largest absolute Gasteiger partial charge is 0.462 e. The van der Waals surface area contributed by atoms with E-state index in [-0.39, 0.29) is 29.4 Å². The Labute approximate surface area is 104 Å². The summed E-state index contributed by atoms with van der Waals surface area (Å²) in [4.78, 5) is 23.3. The number of rotatable bonds is 4. The van der Waals surface area contributed by atoms with Gasteiger partial charge in [-0.15, -0.1) is 0 Å². The lowest BCUT2D eigenvalue weighted by molar-refractivity contribution is 0.0479. The first-order valence-electron chi connectivity index (χ1n) is 5.24. The van der Waals surface area contributed by atoms with Gasteiger partial charge in [0.25, 0.3) is 0 Å². The van der Waals surface area contributed by atoms with Gasteiger partial charge >= 0.3 is 11.9 Å². The highest BCUT2D eigenvalue weighted by Crippen LogP contribution is 2.22. The second-order valence-corrected chi connectivity index (χ2v) is 3.51. The molecular formula is C12H13ClO4. The Morgan fingerprint density at radius 2 is 1.71 bits per heavy atom. The minimum atomic E-state index is -0.624. The molecule has 0 amide bonds. The van der Waals surface area contributed by atoms with E-state index in [0.717, 1.165) is 0 Å². The molecule has 0 unspecified atom stereocenters. The van der Waals surface area contributed by atoms with E-state index in [0.29, 0.717) is 0 Å². The van der Waals surface area contributed by atoms with Crippen molar-refractivity contribution in [3.63, 3.8) is 0 Å². The first-order chi connectivity index (χ1) is 8.11. The second-order valence-electron chi connectivity index (χ2n) is 3.10. The van der Waals surface area contributed by atoms with Gasteiger partial charge in [0, 0.05) is 0 Å². The molecule has 0 aromatic heterocycles. The van der Waals surface area contributed by atoms with E-state index >= 15 is 0 Å². The van der Waals surface area contributed by atoms with Gasteiger partial charge in [-0.05, 0) is 26.0 Å². The number of carbonyl (C=O) groups excluding carboxylic acids is 2. The van der Waals surface area contributed by atoms with Crippen LogP contribution in [0.5, 0.6) is 0 Å². The molecule has 0 aliphatic heterocycles. The predicted octanol–water partition coefficient (Wildman–Crippen LogP) is 2.69. The van der Waals surface area contributed by atoms with E-state index in [1.807, 2.05) is 0 Å². The third-order valence-electron chi connectivity index (χ3n) is 1.99. The molecule has 17 heavy (non-hydrogen) atoms. The van der Waals surface area contributed by atoms with Gasteiger partial charge in [0.05, 0.1) is 29.4 Å². The van der Waals surface area contributed by atoms with Gasteiger partial charge in [0.2, 0.25) is 0 Å². The monoisotopic (exact) mass is 256 g/mol. The Balaban J connectivity index is 3.17. The topological polar surface area (TPSA) is 52.6 Å². The van der Waals surface area contributed by atoms with Crippen LogP contribution in [-0.2, 0) is 9.47 Å². The quantitative estimate of drug-likeness (QED) is 0.777. The van der Waals surface area contributed by atoms with E-state index in [4.69, 9.17) is 21.1 Å². The van der Waals surface area contributed by atoms with Crippen LogP contribution in [0.3, 0.4) is 0 Å². The zero-order valence-corrected chi connectivity index (χ0v) is 10.4. The van der Waals surface area contributed by atoms with Gasteiger partial charge < -0.3 is 9.47 Å². The Hall–Kier alpha value is -1.55. The van der Waals surface area contributed by atoms with Crippen LogP contribution < -0.4 is 0 Å². The fourth-order valence-corrected chi connectivity index (χ4v) is 1.57. The van der Waals surface area contributed by atoms with Crippen molar-refractivity contribution in [1.82, 2.24) is 0 Å². The molecule has 1 aromatic rings. The standard InChI is InChI=1S/C12H13ClO4/c1-3-16-11(14)8-6-5-7-9(13)10(8)12(15)17-4-2/h5-7H,3-4H2,1-2H3. The predicted molar refractivity (Wildman–Crippen MR) is 63.4 cm³/mol. The molecule has 1 aromatic carbocycles. The number of benzene rings is 1. The summed E-state index contributed by atoms with van der Waals surface area (Å²) < 4.78 is 9.69. The van der Waals surface area contributed by atoms with Crippen LogP contribution in [0.1, 0.15) is 34.6 Å². The van der Waals surface area contributed by atoms with Gasteiger partial charge in [-0.3, -0.25) is 0 Å². The van der Waals surface area contributed by atoms with Gasteiger partial charge in [0.1, 0.15) is 0 Å². The summed E-state index contributed by atoms with van der Waals surface area (Å²) in [7, 11) is 0. The summed E-state index contributed by atoms with van der Waals surface area (Å²) >= 11 is 5.90. The average molecular weight is 257 g/mol. The molecule has 0 spiro atoms. The summed E-state index contributed by atoms with van der Waals surface area (Å²) in [6.07, 6.45) is 0. The summed E-state index contributed by atoms with van der Waals surface area (Å²) in [5.74, 6) is -1.21. The first kappa shape index (κ1) is 13.5. The number of halogens is 1. The Morgan fingerprint density at radius 1 is 1.12 bits per heavy atom. The highest BCUT2D eigenvalue weighted by molar-refractivity contribution is 6.34. The molecule has 0 bridgehead atoms. The van der Waals surface area contributed by atoms with Crippen LogP contribution in [0.4, 0.5) is 0 Å². The van der Waals surface area contributed by atoms with E-state index in [9.17, 15) is 9.59 Å². The first-order valence-corrected chi connectivity index (χ1v) is 5.62. The van der Waals surface area contributed by atoms with E-state index in [1.165, 1.54) is 12.1 Å². The molecule has 92 valence electrons. The SMILES string of the molecule is CCOC(=O)c1cccc(Cl)c1C(=O)OCC. The van der Waals surface area contributed by atoms with E-state index in [1.54, 1.807) is 19.9 Å². The molecular weight excluding hydrogens is 244 g/mol. The minimum Gasteiger partial charge on any atom is -0.462 e. The van der Waals surface area contributed by atoms with Crippen molar-refractivity contribution < 1.29 is 19.1 Å². The summed E-state index contributed by atoms with van der Waals surface area (Å²) in [6.45, 7) is 3.81.